The molecule has 8 nitrogen and oxygen atoms in total. The Morgan fingerprint density at radius 1 is 1.31 bits per heavy atom. The van der Waals surface area contributed by atoms with E-state index in [4.69, 9.17) is 4.74 Å². The number of carbonyl (C=O) groups excluding carboxylic acids is 1. The second-order valence-electron chi connectivity index (χ2n) is 6.08. The second kappa shape index (κ2) is 8.18. The minimum atomic E-state index is -0.431. The third-order valence-electron chi connectivity index (χ3n) is 4.20. The van der Waals surface area contributed by atoms with Gasteiger partial charge >= 0.3 is 5.97 Å². The Labute approximate surface area is 174 Å². The van der Waals surface area contributed by atoms with Crippen LogP contribution in [0.15, 0.2) is 46.6 Å². The van der Waals surface area contributed by atoms with Crippen molar-refractivity contribution < 1.29 is 9.53 Å². The lowest BCUT2D eigenvalue weighted by Gasteiger charge is -2.05. The van der Waals surface area contributed by atoms with Crippen molar-refractivity contribution in [1.82, 2.24) is 24.7 Å². The van der Waals surface area contributed by atoms with Crippen molar-refractivity contribution in [2.45, 2.75) is 24.8 Å². The quantitative estimate of drug-likeness (QED) is 0.372. The minimum Gasteiger partial charge on any atom is -0.462 e. The molecule has 0 bridgehead atoms. The predicted molar refractivity (Wildman–Crippen MR) is 112 cm³/mol. The molecule has 0 fully saturated rings. The van der Waals surface area contributed by atoms with Gasteiger partial charge < -0.3 is 9.72 Å². The topological polar surface area (TPSA) is 103 Å². The summed E-state index contributed by atoms with van der Waals surface area (Å²) in [6, 6.07) is 9.75. The Bertz CT molecular complexity index is 1230. The summed E-state index contributed by atoms with van der Waals surface area (Å²) < 4.78 is 6.94. The van der Waals surface area contributed by atoms with E-state index < -0.39 is 5.97 Å². The first kappa shape index (κ1) is 19.3. The van der Waals surface area contributed by atoms with Gasteiger partial charge in [0.1, 0.15) is 21.9 Å². The number of aromatic nitrogens is 5. The highest BCUT2D eigenvalue weighted by Crippen LogP contribution is 2.29. The highest BCUT2D eigenvalue weighted by molar-refractivity contribution is 7.98. The van der Waals surface area contributed by atoms with Gasteiger partial charge in [0.05, 0.1) is 17.7 Å². The van der Waals surface area contributed by atoms with Crippen LogP contribution in [0.3, 0.4) is 0 Å². The number of H-pyrrole nitrogens is 1. The van der Waals surface area contributed by atoms with Crippen LogP contribution in [0.2, 0.25) is 0 Å². The molecule has 0 saturated carbocycles. The molecule has 148 valence electrons. The number of ether oxygens (including phenoxy) is 1. The van der Waals surface area contributed by atoms with Crippen LogP contribution < -0.4 is 5.56 Å². The van der Waals surface area contributed by atoms with E-state index in [1.807, 2.05) is 34.9 Å². The van der Waals surface area contributed by atoms with Crippen LogP contribution in [0, 0.1) is 6.92 Å². The van der Waals surface area contributed by atoms with E-state index in [2.05, 4.69) is 20.2 Å². The van der Waals surface area contributed by atoms with Crippen LogP contribution >= 0.6 is 23.1 Å². The van der Waals surface area contributed by atoms with Gasteiger partial charge in [0.15, 0.2) is 5.16 Å². The zero-order valence-electron chi connectivity index (χ0n) is 15.7. The number of fused-ring (bicyclic) bond motifs is 1. The average Bonchev–Trinajstić information content (AvgIpc) is 3.32. The molecule has 0 aliphatic rings. The number of thiophene rings is 1. The number of esters is 1. The van der Waals surface area contributed by atoms with Crippen LogP contribution in [0.5, 0.6) is 0 Å². The largest absolute Gasteiger partial charge is 0.462 e. The zero-order chi connectivity index (χ0) is 20.4. The van der Waals surface area contributed by atoms with Crippen LogP contribution in [0.25, 0.3) is 15.9 Å². The Kier molecular flexibility index (Phi) is 5.45. The van der Waals surface area contributed by atoms with Crippen molar-refractivity contribution in [3.63, 3.8) is 0 Å². The number of hydrogen-bond acceptors (Lipinski definition) is 8. The van der Waals surface area contributed by atoms with Crippen molar-refractivity contribution in [1.29, 1.82) is 0 Å². The van der Waals surface area contributed by atoms with Gasteiger partial charge in [-0.25, -0.2) is 9.78 Å². The number of nitrogens with one attached hydrogen (secondary N) is 1. The molecule has 0 aliphatic heterocycles. The summed E-state index contributed by atoms with van der Waals surface area (Å²) in [5.74, 6) is 0.480. The molecule has 0 unspecified atom stereocenters. The maximum absolute atomic E-state index is 12.6. The molecule has 0 aliphatic carbocycles. The molecule has 0 spiro atoms. The summed E-state index contributed by atoms with van der Waals surface area (Å²) in [5, 5.41) is 9.25. The lowest BCUT2D eigenvalue weighted by atomic mass is 10.2. The molecular formula is C19H17N5O3S2. The summed E-state index contributed by atoms with van der Waals surface area (Å²) >= 11 is 2.59. The average molecular weight is 428 g/mol. The van der Waals surface area contributed by atoms with Gasteiger partial charge in [-0.3, -0.25) is 9.36 Å². The van der Waals surface area contributed by atoms with E-state index >= 15 is 0 Å². The third-order valence-corrected chi connectivity index (χ3v) is 6.32. The first-order valence-electron chi connectivity index (χ1n) is 8.86. The molecule has 29 heavy (non-hydrogen) atoms. The molecule has 0 atom stereocenters. The number of rotatable bonds is 6. The Balaban J connectivity index is 1.61. The summed E-state index contributed by atoms with van der Waals surface area (Å²) in [6.07, 6.45) is 1.64. The number of thioether (sulfide) groups is 1. The van der Waals surface area contributed by atoms with Gasteiger partial charge in [0.25, 0.3) is 5.56 Å². The number of aromatic amines is 1. The summed E-state index contributed by atoms with van der Waals surface area (Å²) in [7, 11) is 0. The zero-order valence-corrected chi connectivity index (χ0v) is 17.3. The smallest absolute Gasteiger partial charge is 0.348 e. The highest BCUT2D eigenvalue weighted by Gasteiger charge is 2.20. The van der Waals surface area contributed by atoms with E-state index in [9.17, 15) is 9.59 Å². The number of hydrogen-bond donors (Lipinski definition) is 1. The SMILES string of the molecule is CCOC(=O)c1sc2nc(CSc3nncn3-c3ccccc3)[nH]c(=O)c2c1C. The van der Waals surface area contributed by atoms with E-state index in [-0.39, 0.29) is 12.2 Å². The molecule has 0 saturated heterocycles. The highest BCUT2D eigenvalue weighted by atomic mass is 32.2. The summed E-state index contributed by atoms with van der Waals surface area (Å²) in [5.41, 5.74) is 1.28. The molecule has 1 N–H and O–H groups in total. The minimum absolute atomic E-state index is 0.264. The molecule has 3 heterocycles. The monoisotopic (exact) mass is 427 g/mol. The summed E-state index contributed by atoms with van der Waals surface area (Å²) in [6.45, 7) is 3.76. The molecule has 4 aromatic rings. The Morgan fingerprint density at radius 2 is 2.10 bits per heavy atom. The van der Waals surface area contributed by atoms with Crippen molar-refractivity contribution in [3.05, 3.63) is 63.3 Å². The standard InChI is InChI=1S/C19H17N5O3S2/c1-3-27-18(26)15-11(2)14-16(25)21-13(22-17(14)29-15)9-28-19-23-20-10-24(19)12-7-5-4-6-8-12/h4-8,10H,3,9H2,1-2H3,(H,21,22,25). The van der Waals surface area contributed by atoms with Crippen LogP contribution in [-0.2, 0) is 10.5 Å². The Hall–Kier alpha value is -2.98. The lowest BCUT2D eigenvalue weighted by molar-refractivity contribution is 0.0531. The van der Waals surface area contributed by atoms with Crippen molar-refractivity contribution in [2.24, 2.45) is 0 Å². The molecule has 1 aromatic carbocycles. The van der Waals surface area contributed by atoms with Gasteiger partial charge in [0.2, 0.25) is 0 Å². The third kappa shape index (κ3) is 3.81. The molecule has 10 heteroatoms. The van der Waals surface area contributed by atoms with Gasteiger partial charge in [-0.2, -0.15) is 0 Å². The lowest BCUT2D eigenvalue weighted by Crippen LogP contribution is -2.11. The molecule has 3 aromatic heterocycles. The van der Waals surface area contributed by atoms with Gasteiger partial charge in [0, 0.05) is 5.69 Å². The fraction of sp³-hybridized carbons (Fsp3) is 0.211. The molecule has 0 radical (unpaired) electrons. The first-order valence-corrected chi connectivity index (χ1v) is 10.7. The van der Waals surface area contributed by atoms with Gasteiger partial charge in [-0.05, 0) is 31.5 Å². The number of carbonyl (C=O) groups is 1. The van der Waals surface area contributed by atoms with E-state index in [0.29, 0.717) is 37.4 Å². The van der Waals surface area contributed by atoms with Crippen LogP contribution in [0.4, 0.5) is 0 Å². The summed E-state index contributed by atoms with van der Waals surface area (Å²) in [4.78, 5) is 33.0. The number of para-hydroxylation sites is 1. The van der Waals surface area contributed by atoms with Gasteiger partial charge in [-0.15, -0.1) is 21.5 Å². The van der Waals surface area contributed by atoms with Gasteiger partial charge in [-0.1, -0.05) is 30.0 Å². The van der Waals surface area contributed by atoms with E-state index in [1.165, 1.54) is 23.1 Å². The maximum atomic E-state index is 12.6. The number of benzene rings is 1. The predicted octanol–water partition coefficient (Wildman–Crippen LogP) is 3.34. The van der Waals surface area contributed by atoms with Crippen molar-refractivity contribution in [2.75, 3.05) is 6.61 Å². The molecule has 0 amide bonds. The second-order valence-corrected chi connectivity index (χ2v) is 8.02. The normalized spacial score (nSPS) is 11.1. The van der Waals surface area contributed by atoms with Crippen molar-refractivity contribution in [3.8, 4) is 5.69 Å². The van der Waals surface area contributed by atoms with Crippen LogP contribution in [0.1, 0.15) is 28.0 Å². The maximum Gasteiger partial charge on any atom is 0.348 e. The van der Waals surface area contributed by atoms with E-state index in [1.54, 1.807) is 20.2 Å². The number of aryl methyl sites for hydroxylation is 1. The van der Waals surface area contributed by atoms with E-state index in [0.717, 1.165) is 5.69 Å². The fourth-order valence-corrected chi connectivity index (χ4v) is 4.76. The first-order chi connectivity index (χ1) is 14.1. The Morgan fingerprint density at radius 3 is 2.86 bits per heavy atom. The fourth-order valence-electron chi connectivity index (χ4n) is 2.87. The van der Waals surface area contributed by atoms with Crippen molar-refractivity contribution >= 4 is 39.3 Å². The molecular weight excluding hydrogens is 410 g/mol. The van der Waals surface area contributed by atoms with Crippen LogP contribution in [-0.4, -0.2) is 37.3 Å². The molecule has 4 rings (SSSR count). The number of nitrogens with zero attached hydrogens (tertiary/aromatic N) is 4.